The van der Waals surface area contributed by atoms with Gasteiger partial charge in [-0.1, -0.05) is 25.4 Å². The molecule has 3 rings (SSSR count). The summed E-state index contributed by atoms with van der Waals surface area (Å²) in [5.74, 6) is 0.208. The Labute approximate surface area is 144 Å². The van der Waals surface area contributed by atoms with Gasteiger partial charge in [0.1, 0.15) is 11.8 Å². The number of halogens is 1. The Morgan fingerprint density at radius 2 is 1.88 bits per heavy atom. The van der Waals surface area contributed by atoms with Gasteiger partial charge in [0.25, 0.3) is 5.91 Å². The predicted octanol–water partition coefficient (Wildman–Crippen LogP) is 3.61. The third kappa shape index (κ3) is 2.78. The summed E-state index contributed by atoms with van der Waals surface area (Å²) in [6.45, 7) is 3.86. The predicted molar refractivity (Wildman–Crippen MR) is 89.3 cm³/mol. The largest absolute Gasteiger partial charge is 0.444 e. The van der Waals surface area contributed by atoms with Crippen LogP contribution in [0.2, 0.25) is 5.02 Å². The van der Waals surface area contributed by atoms with Gasteiger partial charge in [-0.2, -0.15) is 0 Å². The van der Waals surface area contributed by atoms with Crippen LogP contribution in [0.5, 0.6) is 0 Å². The van der Waals surface area contributed by atoms with E-state index in [0.717, 1.165) is 5.56 Å². The molecule has 2 heterocycles. The van der Waals surface area contributed by atoms with E-state index >= 15 is 0 Å². The molecule has 0 atom stereocenters. The zero-order valence-corrected chi connectivity index (χ0v) is 14.3. The van der Waals surface area contributed by atoms with Crippen molar-refractivity contribution in [2.75, 3.05) is 0 Å². The third-order valence-corrected chi connectivity index (χ3v) is 4.67. The molecule has 1 aromatic heterocycles. The van der Waals surface area contributed by atoms with E-state index < -0.39 is 5.54 Å². The Morgan fingerprint density at radius 1 is 1.21 bits per heavy atom. The Hall–Kier alpha value is -2.34. The van der Waals surface area contributed by atoms with Gasteiger partial charge in [-0.05, 0) is 37.1 Å². The summed E-state index contributed by atoms with van der Waals surface area (Å²) in [6.07, 6.45) is 2.57. The maximum Gasteiger partial charge on any atom is 0.325 e. The van der Waals surface area contributed by atoms with E-state index in [2.05, 4.69) is 10.3 Å². The van der Waals surface area contributed by atoms with Crippen molar-refractivity contribution in [3.63, 3.8) is 0 Å². The number of amides is 3. The van der Waals surface area contributed by atoms with Crippen LogP contribution in [-0.4, -0.2) is 27.4 Å². The van der Waals surface area contributed by atoms with E-state index in [1.807, 2.05) is 13.8 Å². The highest BCUT2D eigenvalue weighted by molar-refractivity contribution is 6.30. The molecule has 2 aromatic rings. The summed E-state index contributed by atoms with van der Waals surface area (Å²) in [5.41, 5.74) is 0.491. The molecular weight excluding hydrogens is 330 g/mol. The highest BCUT2D eigenvalue weighted by Gasteiger charge is 2.48. The molecule has 1 saturated heterocycles. The van der Waals surface area contributed by atoms with E-state index in [1.54, 1.807) is 24.3 Å². The van der Waals surface area contributed by atoms with Crippen molar-refractivity contribution in [3.8, 4) is 11.5 Å². The molecular formula is C17H18ClN3O3. The number of aromatic nitrogens is 1. The number of benzene rings is 1. The first-order valence-electron chi connectivity index (χ1n) is 7.83. The molecule has 6 nitrogen and oxygen atoms in total. The quantitative estimate of drug-likeness (QED) is 0.838. The second kappa shape index (κ2) is 6.28. The average molecular weight is 348 g/mol. The van der Waals surface area contributed by atoms with Crippen LogP contribution in [-0.2, 0) is 11.3 Å². The molecule has 1 fully saturated rings. The first-order valence-corrected chi connectivity index (χ1v) is 8.21. The minimum atomic E-state index is -0.806. The minimum absolute atomic E-state index is 0.0868. The Kier molecular flexibility index (Phi) is 4.32. The lowest BCUT2D eigenvalue weighted by atomic mass is 9.93. The Balaban J connectivity index is 1.79. The van der Waals surface area contributed by atoms with Crippen molar-refractivity contribution in [2.24, 2.45) is 0 Å². The van der Waals surface area contributed by atoms with Gasteiger partial charge in [-0.3, -0.25) is 9.69 Å². The van der Waals surface area contributed by atoms with Gasteiger partial charge in [0, 0.05) is 10.6 Å². The van der Waals surface area contributed by atoms with E-state index in [9.17, 15) is 9.59 Å². The van der Waals surface area contributed by atoms with Crippen molar-refractivity contribution < 1.29 is 14.0 Å². The Bertz CT molecular complexity index is 766. The number of nitrogens with zero attached hydrogens (tertiary/aromatic N) is 2. The zero-order chi connectivity index (χ0) is 17.3. The fourth-order valence-electron chi connectivity index (χ4n) is 2.82. The number of urea groups is 1. The minimum Gasteiger partial charge on any atom is -0.444 e. The summed E-state index contributed by atoms with van der Waals surface area (Å²) in [6, 6.07) is 6.69. The summed E-state index contributed by atoms with van der Waals surface area (Å²) in [7, 11) is 0. The molecule has 0 saturated carbocycles. The maximum atomic E-state index is 12.6. The molecule has 0 bridgehead atoms. The van der Waals surface area contributed by atoms with Crippen molar-refractivity contribution in [1.29, 1.82) is 0 Å². The molecule has 1 aromatic carbocycles. The standard InChI is InChI=1S/C17H18ClN3O3/c1-3-17(4-2)15(22)21(16(23)20-17)9-13-10-24-14(19-13)11-5-7-12(18)8-6-11/h5-8,10H,3-4,9H2,1-2H3,(H,20,23). The zero-order valence-electron chi connectivity index (χ0n) is 13.5. The van der Waals surface area contributed by atoms with Gasteiger partial charge in [-0.15, -0.1) is 0 Å². The highest BCUT2D eigenvalue weighted by atomic mass is 35.5. The summed E-state index contributed by atoms with van der Waals surface area (Å²) >= 11 is 5.86. The third-order valence-electron chi connectivity index (χ3n) is 4.42. The monoisotopic (exact) mass is 347 g/mol. The molecule has 0 radical (unpaired) electrons. The van der Waals surface area contributed by atoms with E-state index in [-0.39, 0.29) is 18.5 Å². The second-order valence-corrected chi connectivity index (χ2v) is 6.20. The van der Waals surface area contributed by atoms with Crippen molar-refractivity contribution in [2.45, 2.75) is 38.8 Å². The highest BCUT2D eigenvalue weighted by Crippen LogP contribution is 2.27. The Morgan fingerprint density at radius 3 is 2.46 bits per heavy atom. The van der Waals surface area contributed by atoms with Crippen LogP contribution in [0.4, 0.5) is 4.79 Å². The smallest absolute Gasteiger partial charge is 0.325 e. The van der Waals surface area contributed by atoms with E-state index in [0.29, 0.717) is 29.4 Å². The molecule has 7 heteroatoms. The lowest BCUT2D eigenvalue weighted by molar-refractivity contribution is -0.132. The van der Waals surface area contributed by atoms with Gasteiger partial charge in [0.15, 0.2) is 0 Å². The maximum absolute atomic E-state index is 12.6. The van der Waals surface area contributed by atoms with Crippen molar-refractivity contribution >= 4 is 23.5 Å². The number of nitrogens with one attached hydrogen (secondary N) is 1. The summed E-state index contributed by atoms with van der Waals surface area (Å²) in [4.78, 5) is 30.3. The van der Waals surface area contributed by atoms with Crippen molar-refractivity contribution in [3.05, 3.63) is 41.2 Å². The number of imide groups is 1. The van der Waals surface area contributed by atoms with Crippen LogP contribution in [0.1, 0.15) is 32.4 Å². The lowest BCUT2D eigenvalue weighted by Crippen LogP contribution is -2.45. The number of hydrogen-bond acceptors (Lipinski definition) is 4. The van der Waals surface area contributed by atoms with Crippen LogP contribution in [0.15, 0.2) is 34.9 Å². The van der Waals surface area contributed by atoms with Gasteiger partial charge >= 0.3 is 6.03 Å². The molecule has 24 heavy (non-hydrogen) atoms. The summed E-state index contributed by atoms with van der Waals surface area (Å²) < 4.78 is 5.45. The molecule has 126 valence electrons. The number of rotatable bonds is 5. The average Bonchev–Trinajstić information content (AvgIpc) is 3.14. The second-order valence-electron chi connectivity index (χ2n) is 5.76. The van der Waals surface area contributed by atoms with Gasteiger partial charge in [0.05, 0.1) is 12.2 Å². The molecule has 0 aliphatic carbocycles. The SMILES string of the molecule is CCC1(CC)NC(=O)N(Cc2coc(-c3ccc(Cl)cc3)n2)C1=O. The lowest BCUT2D eigenvalue weighted by Gasteiger charge is -2.22. The van der Waals surface area contributed by atoms with Crippen LogP contribution >= 0.6 is 11.6 Å². The van der Waals surface area contributed by atoms with Crippen LogP contribution in [0.25, 0.3) is 11.5 Å². The first-order chi connectivity index (χ1) is 11.5. The number of carbonyl (C=O) groups excluding carboxylic acids is 2. The molecule has 0 spiro atoms. The van der Waals surface area contributed by atoms with Gasteiger partial charge < -0.3 is 9.73 Å². The number of oxazole rings is 1. The van der Waals surface area contributed by atoms with Crippen LogP contribution < -0.4 is 5.32 Å². The first kappa shape index (κ1) is 16.5. The van der Waals surface area contributed by atoms with Crippen LogP contribution in [0, 0.1) is 0 Å². The number of hydrogen-bond donors (Lipinski definition) is 1. The van der Waals surface area contributed by atoms with Crippen LogP contribution in [0.3, 0.4) is 0 Å². The molecule has 1 aliphatic rings. The molecule has 0 unspecified atom stereocenters. The number of carbonyl (C=O) groups is 2. The van der Waals surface area contributed by atoms with Gasteiger partial charge in [0.2, 0.25) is 5.89 Å². The fourth-order valence-corrected chi connectivity index (χ4v) is 2.94. The summed E-state index contributed by atoms with van der Waals surface area (Å²) in [5, 5.41) is 3.42. The molecule has 1 N–H and O–H groups in total. The van der Waals surface area contributed by atoms with E-state index in [1.165, 1.54) is 11.2 Å². The topological polar surface area (TPSA) is 75.4 Å². The van der Waals surface area contributed by atoms with Crippen molar-refractivity contribution in [1.82, 2.24) is 15.2 Å². The fraction of sp³-hybridized carbons (Fsp3) is 0.353. The molecule has 3 amide bonds. The normalized spacial score (nSPS) is 16.5. The van der Waals surface area contributed by atoms with Gasteiger partial charge in [-0.25, -0.2) is 9.78 Å². The molecule has 1 aliphatic heterocycles. The van der Waals surface area contributed by atoms with E-state index in [4.69, 9.17) is 16.0 Å².